The monoisotopic (exact) mass is 298 g/mol. The highest BCUT2D eigenvalue weighted by Gasteiger charge is 2.16. The van der Waals surface area contributed by atoms with E-state index in [2.05, 4.69) is 27.7 Å². The van der Waals surface area contributed by atoms with Crippen molar-refractivity contribution in [1.29, 1.82) is 0 Å². The summed E-state index contributed by atoms with van der Waals surface area (Å²) in [4.78, 5) is 0. The molecular weight excluding hydrogens is 256 g/mol. The largest absolute Gasteiger partial charge is 0.390 e. The first-order valence-electron chi connectivity index (χ1n) is 9.67. The van der Waals surface area contributed by atoms with Crippen molar-refractivity contribution in [3.63, 3.8) is 0 Å². The van der Waals surface area contributed by atoms with Crippen LogP contribution in [0.2, 0.25) is 0 Å². The number of aliphatic hydroxyl groups is 1. The molecule has 0 aliphatic rings. The van der Waals surface area contributed by atoms with Gasteiger partial charge in [-0.15, -0.1) is 0 Å². The summed E-state index contributed by atoms with van der Waals surface area (Å²) in [7, 11) is 0. The van der Waals surface area contributed by atoms with Gasteiger partial charge in [-0.2, -0.15) is 0 Å². The minimum Gasteiger partial charge on any atom is -0.390 e. The topological polar surface area (TPSA) is 20.2 Å². The maximum Gasteiger partial charge on any atom is 0.0617 e. The Hall–Kier alpha value is -0.0400. The molecule has 0 aromatic heterocycles. The summed E-state index contributed by atoms with van der Waals surface area (Å²) in [6.45, 7) is 11.1. The van der Waals surface area contributed by atoms with Crippen LogP contribution >= 0.6 is 0 Å². The third-order valence-electron chi connectivity index (χ3n) is 5.27. The maximum atomic E-state index is 9.97. The zero-order valence-electron chi connectivity index (χ0n) is 15.6. The first-order chi connectivity index (χ1) is 9.95. The van der Waals surface area contributed by atoms with E-state index < -0.39 is 5.60 Å². The predicted molar refractivity (Wildman–Crippen MR) is 95.7 cm³/mol. The molecule has 0 radical (unpaired) electrons. The van der Waals surface area contributed by atoms with Gasteiger partial charge < -0.3 is 5.11 Å². The molecule has 21 heavy (non-hydrogen) atoms. The number of hydrogen-bond donors (Lipinski definition) is 1. The number of rotatable bonds is 14. The molecule has 1 heteroatoms. The molecular formula is C20H42O. The van der Waals surface area contributed by atoms with Gasteiger partial charge in [0, 0.05) is 0 Å². The summed E-state index contributed by atoms with van der Waals surface area (Å²) in [6, 6.07) is 0. The minimum absolute atomic E-state index is 0.429. The highest BCUT2D eigenvalue weighted by atomic mass is 16.3. The lowest BCUT2D eigenvalue weighted by Gasteiger charge is -2.21. The van der Waals surface area contributed by atoms with Gasteiger partial charge in [-0.3, -0.25) is 0 Å². The molecule has 128 valence electrons. The van der Waals surface area contributed by atoms with Crippen molar-refractivity contribution in [1.82, 2.24) is 0 Å². The summed E-state index contributed by atoms with van der Waals surface area (Å²) in [5, 5.41) is 9.97. The van der Waals surface area contributed by atoms with Crippen molar-refractivity contribution in [2.45, 2.75) is 117 Å². The Balaban J connectivity index is 3.59. The quantitative estimate of drug-likeness (QED) is 0.352. The second-order valence-corrected chi connectivity index (χ2v) is 7.55. The van der Waals surface area contributed by atoms with Crippen LogP contribution < -0.4 is 0 Å². The second-order valence-electron chi connectivity index (χ2n) is 7.55. The summed E-state index contributed by atoms with van der Waals surface area (Å²) in [5.74, 6) is 1.86. The Morgan fingerprint density at radius 2 is 1.52 bits per heavy atom. The average molecular weight is 299 g/mol. The molecule has 0 aliphatic carbocycles. The lowest BCUT2D eigenvalue weighted by atomic mass is 9.89. The Labute approximate surface area is 134 Å². The molecule has 0 aliphatic heterocycles. The van der Waals surface area contributed by atoms with Gasteiger partial charge >= 0.3 is 0 Å². The molecule has 0 aromatic carbocycles. The molecule has 1 N–H and O–H groups in total. The Kier molecular flexibility index (Phi) is 12.5. The molecule has 0 bridgehead atoms. The van der Waals surface area contributed by atoms with E-state index in [9.17, 15) is 5.11 Å². The van der Waals surface area contributed by atoms with Crippen LogP contribution in [0.3, 0.4) is 0 Å². The van der Waals surface area contributed by atoms with Gasteiger partial charge in [0.1, 0.15) is 0 Å². The number of unbranched alkanes of at least 4 members (excludes halogenated alkanes) is 3. The van der Waals surface area contributed by atoms with Crippen molar-refractivity contribution >= 4 is 0 Å². The fourth-order valence-electron chi connectivity index (χ4n) is 3.18. The summed E-state index contributed by atoms with van der Waals surface area (Å²) < 4.78 is 0. The molecule has 0 saturated carbocycles. The molecule has 0 spiro atoms. The van der Waals surface area contributed by atoms with Crippen LogP contribution in [0.15, 0.2) is 0 Å². The normalized spacial score (nSPS) is 17.4. The Bertz CT molecular complexity index is 222. The van der Waals surface area contributed by atoms with Crippen LogP contribution in [0, 0.1) is 11.8 Å². The molecule has 0 fully saturated rings. The predicted octanol–water partition coefficient (Wildman–Crippen LogP) is 6.73. The van der Waals surface area contributed by atoms with Gasteiger partial charge in [0.25, 0.3) is 0 Å². The Morgan fingerprint density at radius 3 is 2.10 bits per heavy atom. The molecule has 0 saturated heterocycles. The van der Waals surface area contributed by atoms with E-state index in [1.165, 1.54) is 64.2 Å². The SMILES string of the molecule is CCC[C@H](C)CC[C@@H](CC)CCCCCC[C@@](C)(O)CC. The van der Waals surface area contributed by atoms with Crippen molar-refractivity contribution in [3.8, 4) is 0 Å². The molecule has 1 nitrogen and oxygen atoms in total. The zero-order valence-corrected chi connectivity index (χ0v) is 15.6. The second kappa shape index (κ2) is 12.5. The first-order valence-corrected chi connectivity index (χ1v) is 9.67. The van der Waals surface area contributed by atoms with Crippen LogP contribution in [0.5, 0.6) is 0 Å². The third kappa shape index (κ3) is 12.2. The molecule has 0 heterocycles. The van der Waals surface area contributed by atoms with E-state index in [-0.39, 0.29) is 0 Å². The van der Waals surface area contributed by atoms with Gasteiger partial charge in [-0.25, -0.2) is 0 Å². The fourth-order valence-corrected chi connectivity index (χ4v) is 3.18. The van der Waals surface area contributed by atoms with E-state index in [0.717, 1.165) is 24.7 Å². The smallest absolute Gasteiger partial charge is 0.0617 e. The van der Waals surface area contributed by atoms with Crippen LogP contribution in [0.4, 0.5) is 0 Å². The van der Waals surface area contributed by atoms with Crippen molar-refractivity contribution in [3.05, 3.63) is 0 Å². The highest BCUT2D eigenvalue weighted by Crippen LogP contribution is 2.24. The van der Waals surface area contributed by atoms with Gasteiger partial charge in [-0.1, -0.05) is 91.9 Å². The van der Waals surface area contributed by atoms with Crippen molar-refractivity contribution in [2.75, 3.05) is 0 Å². The summed E-state index contributed by atoms with van der Waals surface area (Å²) >= 11 is 0. The van der Waals surface area contributed by atoms with E-state index >= 15 is 0 Å². The first kappa shape index (κ1) is 21.0. The average Bonchev–Trinajstić information content (AvgIpc) is 2.46. The molecule has 0 unspecified atom stereocenters. The molecule has 0 aromatic rings. The lowest BCUT2D eigenvalue weighted by molar-refractivity contribution is 0.0442. The standard InChI is InChI=1S/C20H42O/c1-6-13-18(4)15-16-19(7-2)14-11-9-10-12-17-20(5,21)8-3/h18-19,21H,6-17H2,1-5H3/t18-,19-,20-/m0/s1. The Morgan fingerprint density at radius 1 is 0.857 bits per heavy atom. The van der Waals surface area contributed by atoms with Crippen LogP contribution in [0.25, 0.3) is 0 Å². The highest BCUT2D eigenvalue weighted by molar-refractivity contribution is 4.69. The molecule has 3 atom stereocenters. The molecule has 0 amide bonds. The summed E-state index contributed by atoms with van der Waals surface area (Å²) in [6.07, 6.45) is 15.4. The van der Waals surface area contributed by atoms with E-state index in [4.69, 9.17) is 0 Å². The fraction of sp³-hybridized carbons (Fsp3) is 1.00. The van der Waals surface area contributed by atoms with Gasteiger partial charge in [-0.05, 0) is 31.6 Å². The van der Waals surface area contributed by atoms with Gasteiger partial charge in [0.15, 0.2) is 0 Å². The van der Waals surface area contributed by atoms with Crippen molar-refractivity contribution < 1.29 is 5.11 Å². The molecule has 0 rings (SSSR count). The van der Waals surface area contributed by atoms with Gasteiger partial charge in [0.2, 0.25) is 0 Å². The maximum absolute atomic E-state index is 9.97. The van der Waals surface area contributed by atoms with Crippen LogP contribution in [-0.2, 0) is 0 Å². The number of hydrogen-bond acceptors (Lipinski definition) is 1. The third-order valence-corrected chi connectivity index (χ3v) is 5.27. The van der Waals surface area contributed by atoms with Crippen LogP contribution in [0.1, 0.15) is 112 Å². The van der Waals surface area contributed by atoms with E-state index in [1.807, 2.05) is 6.92 Å². The van der Waals surface area contributed by atoms with E-state index in [1.54, 1.807) is 0 Å². The van der Waals surface area contributed by atoms with Crippen molar-refractivity contribution in [2.24, 2.45) is 11.8 Å². The van der Waals surface area contributed by atoms with Gasteiger partial charge in [0.05, 0.1) is 5.60 Å². The minimum atomic E-state index is -0.429. The lowest BCUT2D eigenvalue weighted by Crippen LogP contribution is -2.22. The van der Waals surface area contributed by atoms with E-state index in [0.29, 0.717) is 0 Å². The zero-order chi connectivity index (χ0) is 16.1. The summed E-state index contributed by atoms with van der Waals surface area (Å²) in [5.41, 5.74) is -0.429. The van der Waals surface area contributed by atoms with Crippen LogP contribution in [-0.4, -0.2) is 10.7 Å².